The highest BCUT2D eigenvalue weighted by molar-refractivity contribution is 6.02. The minimum absolute atomic E-state index is 0.0424. The normalized spacial score (nSPS) is 17.0. The molecule has 3 aromatic rings. The molecular formula is C20H20N4O2. The number of benzene rings is 2. The Morgan fingerprint density at radius 2 is 2.04 bits per heavy atom. The van der Waals surface area contributed by atoms with E-state index in [9.17, 15) is 9.59 Å². The molecule has 2 N–H and O–H groups in total. The van der Waals surface area contributed by atoms with Crippen molar-refractivity contribution in [1.82, 2.24) is 15.1 Å². The molecule has 1 fully saturated rings. The van der Waals surface area contributed by atoms with Gasteiger partial charge in [0.25, 0.3) is 0 Å². The van der Waals surface area contributed by atoms with E-state index in [2.05, 4.69) is 27.6 Å². The average Bonchev–Trinajstić information content (AvgIpc) is 3.28. The second kappa shape index (κ2) is 7.00. The van der Waals surface area contributed by atoms with E-state index in [-0.39, 0.29) is 24.2 Å². The standard InChI is InChI=1S/C20H20N4O2/c25-18-11-16(13-24(18)10-9-14-5-2-1-3-6-14)20(26)22-17-8-4-7-15-12-21-23-19(15)17/h1-8,12,16H,9-11,13H2,(H,21,23)(H,22,26)/t16-/m0/s1. The van der Waals surface area contributed by atoms with Crippen LogP contribution in [-0.4, -0.2) is 40.0 Å². The molecule has 2 amide bonds. The molecule has 6 heteroatoms. The number of rotatable bonds is 5. The summed E-state index contributed by atoms with van der Waals surface area (Å²) in [7, 11) is 0. The number of carbonyl (C=O) groups excluding carboxylic acids is 2. The minimum Gasteiger partial charge on any atom is -0.342 e. The number of carbonyl (C=O) groups is 2. The lowest BCUT2D eigenvalue weighted by Crippen LogP contribution is -2.30. The second-order valence-electron chi connectivity index (χ2n) is 6.61. The van der Waals surface area contributed by atoms with E-state index in [1.165, 1.54) is 5.56 Å². The molecule has 1 aliphatic heterocycles. The van der Waals surface area contributed by atoms with Crippen molar-refractivity contribution in [3.8, 4) is 0 Å². The average molecular weight is 348 g/mol. The minimum atomic E-state index is -0.323. The molecule has 0 aliphatic carbocycles. The Hall–Kier alpha value is -3.15. The Morgan fingerprint density at radius 1 is 1.19 bits per heavy atom. The van der Waals surface area contributed by atoms with Crippen LogP contribution in [0.25, 0.3) is 10.9 Å². The molecule has 0 unspecified atom stereocenters. The third-order valence-electron chi connectivity index (χ3n) is 4.83. The molecule has 0 spiro atoms. The first-order chi connectivity index (χ1) is 12.7. The summed E-state index contributed by atoms with van der Waals surface area (Å²) < 4.78 is 0. The largest absolute Gasteiger partial charge is 0.342 e. The van der Waals surface area contributed by atoms with Gasteiger partial charge in [-0.15, -0.1) is 0 Å². The highest BCUT2D eigenvalue weighted by atomic mass is 16.2. The molecule has 0 saturated carbocycles. The van der Waals surface area contributed by atoms with Gasteiger partial charge in [-0.3, -0.25) is 14.7 Å². The van der Waals surface area contributed by atoms with Gasteiger partial charge in [-0.25, -0.2) is 0 Å². The monoisotopic (exact) mass is 348 g/mol. The predicted octanol–water partition coefficient (Wildman–Crippen LogP) is 2.59. The van der Waals surface area contributed by atoms with Crippen molar-refractivity contribution in [2.24, 2.45) is 5.92 Å². The Morgan fingerprint density at radius 3 is 2.88 bits per heavy atom. The Kier molecular flexibility index (Phi) is 4.39. The summed E-state index contributed by atoms with van der Waals surface area (Å²) in [6.07, 6.45) is 2.78. The fourth-order valence-corrected chi connectivity index (χ4v) is 3.38. The zero-order valence-electron chi connectivity index (χ0n) is 14.3. The van der Waals surface area contributed by atoms with Crippen LogP contribution < -0.4 is 5.32 Å². The highest BCUT2D eigenvalue weighted by Gasteiger charge is 2.34. The van der Waals surface area contributed by atoms with Gasteiger partial charge >= 0.3 is 0 Å². The van der Waals surface area contributed by atoms with Crippen LogP contribution in [0.15, 0.2) is 54.7 Å². The van der Waals surface area contributed by atoms with Gasteiger partial charge in [0.15, 0.2) is 0 Å². The van der Waals surface area contributed by atoms with Gasteiger partial charge in [0, 0.05) is 24.9 Å². The number of nitrogens with one attached hydrogen (secondary N) is 2. The van der Waals surface area contributed by atoms with Crippen molar-refractivity contribution in [2.45, 2.75) is 12.8 Å². The lowest BCUT2D eigenvalue weighted by atomic mass is 10.1. The topological polar surface area (TPSA) is 78.1 Å². The van der Waals surface area contributed by atoms with Crippen LogP contribution in [0.2, 0.25) is 0 Å². The molecule has 0 bridgehead atoms. The molecule has 6 nitrogen and oxygen atoms in total. The summed E-state index contributed by atoms with van der Waals surface area (Å²) >= 11 is 0. The first-order valence-electron chi connectivity index (χ1n) is 8.75. The molecule has 1 aromatic heterocycles. The number of anilines is 1. The number of amides is 2. The quantitative estimate of drug-likeness (QED) is 0.744. The number of aromatic nitrogens is 2. The molecule has 26 heavy (non-hydrogen) atoms. The molecule has 1 atom stereocenters. The first-order valence-corrected chi connectivity index (χ1v) is 8.75. The van der Waals surface area contributed by atoms with E-state index in [1.54, 1.807) is 11.1 Å². The van der Waals surface area contributed by atoms with E-state index in [0.717, 1.165) is 17.3 Å². The lowest BCUT2D eigenvalue weighted by molar-refractivity contribution is -0.128. The second-order valence-corrected chi connectivity index (χ2v) is 6.61. The van der Waals surface area contributed by atoms with Gasteiger partial charge < -0.3 is 10.2 Å². The van der Waals surface area contributed by atoms with Crippen LogP contribution in [0, 0.1) is 5.92 Å². The van der Waals surface area contributed by atoms with Gasteiger partial charge in [0.05, 0.1) is 23.3 Å². The molecule has 2 heterocycles. The number of aromatic amines is 1. The molecular weight excluding hydrogens is 328 g/mol. The van der Waals surface area contributed by atoms with Crippen LogP contribution in [0.3, 0.4) is 0 Å². The summed E-state index contributed by atoms with van der Waals surface area (Å²) in [5.74, 6) is -0.403. The van der Waals surface area contributed by atoms with Crippen molar-refractivity contribution in [3.05, 3.63) is 60.3 Å². The van der Waals surface area contributed by atoms with E-state index in [0.29, 0.717) is 18.8 Å². The lowest BCUT2D eigenvalue weighted by Gasteiger charge is -2.16. The Balaban J connectivity index is 1.38. The van der Waals surface area contributed by atoms with Gasteiger partial charge in [-0.2, -0.15) is 5.10 Å². The fraction of sp³-hybridized carbons (Fsp3) is 0.250. The van der Waals surface area contributed by atoms with Crippen molar-refractivity contribution in [3.63, 3.8) is 0 Å². The molecule has 2 aromatic carbocycles. The fourth-order valence-electron chi connectivity index (χ4n) is 3.38. The number of likely N-dealkylation sites (tertiary alicyclic amines) is 1. The number of fused-ring (bicyclic) bond motifs is 1. The van der Waals surface area contributed by atoms with Crippen LogP contribution in [-0.2, 0) is 16.0 Å². The van der Waals surface area contributed by atoms with Crippen molar-refractivity contribution in [2.75, 3.05) is 18.4 Å². The van der Waals surface area contributed by atoms with Gasteiger partial charge in [0.1, 0.15) is 0 Å². The number of para-hydroxylation sites is 1. The van der Waals surface area contributed by atoms with Crippen LogP contribution in [0.1, 0.15) is 12.0 Å². The van der Waals surface area contributed by atoms with Crippen molar-refractivity contribution < 1.29 is 9.59 Å². The number of nitrogens with zero attached hydrogens (tertiary/aromatic N) is 2. The third kappa shape index (κ3) is 3.31. The number of hydrogen-bond acceptors (Lipinski definition) is 3. The summed E-state index contributed by atoms with van der Waals surface area (Å²) in [4.78, 5) is 26.7. The van der Waals surface area contributed by atoms with E-state index >= 15 is 0 Å². The maximum Gasteiger partial charge on any atom is 0.229 e. The summed E-state index contributed by atoms with van der Waals surface area (Å²) in [6.45, 7) is 1.11. The van der Waals surface area contributed by atoms with Crippen molar-refractivity contribution in [1.29, 1.82) is 0 Å². The van der Waals surface area contributed by atoms with Crippen LogP contribution >= 0.6 is 0 Å². The van der Waals surface area contributed by atoms with Crippen LogP contribution in [0.5, 0.6) is 0 Å². The van der Waals surface area contributed by atoms with E-state index < -0.39 is 0 Å². The van der Waals surface area contributed by atoms with Crippen molar-refractivity contribution >= 4 is 28.4 Å². The van der Waals surface area contributed by atoms with Gasteiger partial charge in [-0.1, -0.05) is 42.5 Å². The molecule has 4 rings (SSSR count). The molecule has 0 radical (unpaired) electrons. The van der Waals surface area contributed by atoms with E-state index in [1.807, 2.05) is 36.4 Å². The molecule has 1 aliphatic rings. The highest BCUT2D eigenvalue weighted by Crippen LogP contribution is 2.24. The first kappa shape index (κ1) is 16.3. The summed E-state index contributed by atoms with van der Waals surface area (Å²) in [6, 6.07) is 15.7. The van der Waals surface area contributed by atoms with E-state index in [4.69, 9.17) is 0 Å². The Bertz CT molecular complexity index is 935. The number of hydrogen-bond donors (Lipinski definition) is 2. The number of H-pyrrole nitrogens is 1. The summed E-state index contributed by atoms with van der Waals surface area (Å²) in [5, 5.41) is 10.8. The molecule has 132 valence electrons. The van der Waals surface area contributed by atoms with Gasteiger partial charge in [0.2, 0.25) is 11.8 Å². The van der Waals surface area contributed by atoms with Gasteiger partial charge in [-0.05, 0) is 18.1 Å². The third-order valence-corrected chi connectivity index (χ3v) is 4.83. The SMILES string of the molecule is O=C(Nc1cccc2cn[nH]c12)[C@H]1CC(=O)N(CCc2ccccc2)C1. The van der Waals surface area contributed by atoms with Crippen LogP contribution in [0.4, 0.5) is 5.69 Å². The smallest absolute Gasteiger partial charge is 0.229 e. The maximum absolute atomic E-state index is 12.6. The molecule has 1 saturated heterocycles. The zero-order valence-corrected chi connectivity index (χ0v) is 14.3. The summed E-state index contributed by atoms with van der Waals surface area (Å²) in [5.41, 5.74) is 2.69. The predicted molar refractivity (Wildman–Crippen MR) is 99.6 cm³/mol. The maximum atomic E-state index is 12.6. The Labute approximate surface area is 151 Å². The zero-order chi connectivity index (χ0) is 17.9.